The number of benzene rings is 1. The van der Waals surface area contributed by atoms with Crippen LogP contribution in [0.1, 0.15) is 22.5 Å². The van der Waals surface area contributed by atoms with Crippen LogP contribution in [0.15, 0.2) is 42.6 Å². The zero-order chi connectivity index (χ0) is 13.0. The molecule has 0 saturated carbocycles. The second kappa shape index (κ2) is 5.49. The van der Waals surface area contributed by atoms with Crippen molar-refractivity contribution in [1.82, 2.24) is 4.98 Å². The Morgan fingerprint density at radius 2 is 1.94 bits per heavy atom. The summed E-state index contributed by atoms with van der Waals surface area (Å²) in [5, 5.41) is 0. The van der Waals surface area contributed by atoms with E-state index in [-0.39, 0.29) is 12.0 Å². The van der Waals surface area contributed by atoms with E-state index in [0.29, 0.717) is 6.42 Å². The number of carbonyl (C=O) groups excluding carboxylic acids is 1. The molecule has 92 valence electrons. The number of carbonyl (C=O) groups is 1. The minimum absolute atomic E-state index is 0.109. The zero-order valence-electron chi connectivity index (χ0n) is 9.57. The fourth-order valence-electron chi connectivity index (χ4n) is 1.64. The van der Waals surface area contributed by atoms with E-state index in [0.717, 1.165) is 11.8 Å². The van der Waals surface area contributed by atoms with Crippen LogP contribution in [0.4, 0.5) is 8.78 Å². The summed E-state index contributed by atoms with van der Waals surface area (Å²) in [7, 11) is 0. The lowest BCUT2D eigenvalue weighted by Crippen LogP contribution is -2.06. The lowest BCUT2D eigenvalue weighted by atomic mass is 10.0. The molecule has 0 radical (unpaired) electrons. The Hall–Kier alpha value is -2.10. The van der Waals surface area contributed by atoms with Crippen LogP contribution in [-0.2, 0) is 6.42 Å². The molecular weight excluding hydrogens is 236 g/mol. The number of pyridine rings is 1. The van der Waals surface area contributed by atoms with Gasteiger partial charge in [-0.15, -0.1) is 0 Å². The topological polar surface area (TPSA) is 30.0 Å². The van der Waals surface area contributed by atoms with Gasteiger partial charge >= 0.3 is 0 Å². The molecule has 1 aromatic heterocycles. The van der Waals surface area contributed by atoms with E-state index >= 15 is 0 Å². The van der Waals surface area contributed by atoms with Crippen molar-refractivity contribution >= 4 is 5.78 Å². The SMILES string of the molecule is O=C(CCc1ccccn1)c1cccc(F)c1F. The lowest BCUT2D eigenvalue weighted by Gasteiger charge is -2.03. The van der Waals surface area contributed by atoms with Gasteiger partial charge in [-0.3, -0.25) is 9.78 Å². The first-order valence-corrected chi connectivity index (χ1v) is 5.55. The number of Topliss-reactive ketones (excluding diaryl/α,β-unsaturated/α-hetero) is 1. The quantitative estimate of drug-likeness (QED) is 0.777. The molecule has 2 nitrogen and oxygen atoms in total. The Bertz CT molecular complexity index is 555. The van der Waals surface area contributed by atoms with Gasteiger partial charge < -0.3 is 0 Å². The molecule has 0 fully saturated rings. The molecule has 0 bridgehead atoms. The van der Waals surface area contributed by atoms with Crippen LogP contribution in [0.2, 0.25) is 0 Å². The summed E-state index contributed by atoms with van der Waals surface area (Å²) in [6, 6.07) is 8.98. The summed E-state index contributed by atoms with van der Waals surface area (Å²) in [5.41, 5.74) is 0.550. The molecule has 0 spiro atoms. The van der Waals surface area contributed by atoms with Crippen LogP contribution in [0.3, 0.4) is 0 Å². The summed E-state index contributed by atoms with van der Waals surface area (Å²) >= 11 is 0. The molecular formula is C14H11F2NO. The number of hydrogen-bond acceptors (Lipinski definition) is 2. The average Bonchev–Trinajstić information content (AvgIpc) is 2.40. The Balaban J connectivity index is 2.07. The fraction of sp³-hybridized carbons (Fsp3) is 0.143. The highest BCUT2D eigenvalue weighted by atomic mass is 19.2. The predicted molar refractivity (Wildman–Crippen MR) is 63.2 cm³/mol. The minimum atomic E-state index is -1.08. The number of aryl methyl sites for hydroxylation is 1. The predicted octanol–water partition coefficient (Wildman–Crippen LogP) is 3.18. The monoisotopic (exact) mass is 247 g/mol. The highest BCUT2D eigenvalue weighted by Crippen LogP contribution is 2.14. The Morgan fingerprint density at radius 1 is 1.11 bits per heavy atom. The number of halogens is 2. The van der Waals surface area contributed by atoms with Crippen LogP contribution in [0, 0.1) is 11.6 Å². The molecule has 2 rings (SSSR count). The summed E-state index contributed by atoms with van der Waals surface area (Å²) in [5.74, 6) is -2.50. The zero-order valence-corrected chi connectivity index (χ0v) is 9.57. The van der Waals surface area contributed by atoms with E-state index in [2.05, 4.69) is 4.98 Å². The van der Waals surface area contributed by atoms with E-state index in [1.54, 1.807) is 18.3 Å². The van der Waals surface area contributed by atoms with Gasteiger partial charge in [0.25, 0.3) is 0 Å². The molecule has 1 aromatic carbocycles. The maximum Gasteiger partial charge on any atom is 0.169 e. The smallest absolute Gasteiger partial charge is 0.169 e. The standard InChI is InChI=1S/C14H11F2NO/c15-12-6-3-5-11(14(12)16)13(18)8-7-10-4-1-2-9-17-10/h1-6,9H,7-8H2. The first-order valence-electron chi connectivity index (χ1n) is 5.55. The third-order valence-corrected chi connectivity index (χ3v) is 2.59. The fourth-order valence-corrected chi connectivity index (χ4v) is 1.64. The van der Waals surface area contributed by atoms with E-state index in [4.69, 9.17) is 0 Å². The van der Waals surface area contributed by atoms with Gasteiger partial charge in [-0.05, 0) is 30.7 Å². The molecule has 0 N–H and O–H groups in total. The maximum absolute atomic E-state index is 13.4. The van der Waals surface area contributed by atoms with Gasteiger partial charge in [0.2, 0.25) is 0 Å². The Morgan fingerprint density at radius 3 is 2.67 bits per heavy atom. The molecule has 0 atom stereocenters. The highest BCUT2D eigenvalue weighted by molar-refractivity contribution is 5.96. The van der Waals surface area contributed by atoms with Crippen LogP contribution in [-0.4, -0.2) is 10.8 Å². The van der Waals surface area contributed by atoms with Crippen LogP contribution < -0.4 is 0 Å². The Labute approximate surface area is 103 Å². The van der Waals surface area contributed by atoms with Gasteiger partial charge in [0.1, 0.15) is 0 Å². The number of aromatic nitrogens is 1. The molecule has 18 heavy (non-hydrogen) atoms. The first kappa shape index (κ1) is 12.4. The van der Waals surface area contributed by atoms with E-state index in [1.807, 2.05) is 6.07 Å². The molecule has 0 amide bonds. The molecule has 0 aliphatic carbocycles. The molecule has 0 saturated heterocycles. The van der Waals surface area contributed by atoms with Crippen LogP contribution in [0.25, 0.3) is 0 Å². The van der Waals surface area contributed by atoms with E-state index in [1.165, 1.54) is 12.1 Å². The number of nitrogens with zero attached hydrogens (tertiary/aromatic N) is 1. The molecule has 0 aliphatic heterocycles. The maximum atomic E-state index is 13.4. The van der Waals surface area contributed by atoms with Crippen molar-refractivity contribution in [2.75, 3.05) is 0 Å². The lowest BCUT2D eigenvalue weighted by molar-refractivity contribution is 0.0977. The van der Waals surface area contributed by atoms with Gasteiger partial charge in [-0.25, -0.2) is 8.78 Å². The van der Waals surface area contributed by atoms with Crippen molar-refractivity contribution in [3.63, 3.8) is 0 Å². The van der Waals surface area contributed by atoms with Gasteiger partial charge in [-0.2, -0.15) is 0 Å². The van der Waals surface area contributed by atoms with Crippen molar-refractivity contribution in [3.05, 3.63) is 65.5 Å². The van der Waals surface area contributed by atoms with Gasteiger partial charge in [0.15, 0.2) is 17.4 Å². The van der Waals surface area contributed by atoms with Gasteiger partial charge in [0.05, 0.1) is 5.56 Å². The van der Waals surface area contributed by atoms with Crippen molar-refractivity contribution in [3.8, 4) is 0 Å². The summed E-state index contributed by atoms with van der Waals surface area (Å²) in [6.45, 7) is 0. The van der Waals surface area contributed by atoms with Crippen LogP contribution >= 0.6 is 0 Å². The van der Waals surface area contributed by atoms with E-state index < -0.39 is 17.4 Å². The highest BCUT2D eigenvalue weighted by Gasteiger charge is 2.14. The molecule has 0 aliphatic rings. The Kier molecular flexibility index (Phi) is 3.77. The number of ketones is 1. The number of rotatable bonds is 4. The van der Waals surface area contributed by atoms with Crippen molar-refractivity contribution in [2.24, 2.45) is 0 Å². The van der Waals surface area contributed by atoms with Crippen LogP contribution in [0.5, 0.6) is 0 Å². The third-order valence-electron chi connectivity index (χ3n) is 2.59. The largest absolute Gasteiger partial charge is 0.294 e. The first-order chi connectivity index (χ1) is 8.68. The normalized spacial score (nSPS) is 10.3. The second-order valence-corrected chi connectivity index (χ2v) is 3.85. The van der Waals surface area contributed by atoms with Crippen molar-refractivity contribution in [2.45, 2.75) is 12.8 Å². The summed E-state index contributed by atoms with van der Waals surface area (Å²) in [6.07, 6.45) is 2.15. The molecule has 1 heterocycles. The average molecular weight is 247 g/mol. The van der Waals surface area contributed by atoms with Crippen molar-refractivity contribution < 1.29 is 13.6 Å². The van der Waals surface area contributed by atoms with Gasteiger partial charge in [-0.1, -0.05) is 12.1 Å². The van der Waals surface area contributed by atoms with Gasteiger partial charge in [0, 0.05) is 18.3 Å². The minimum Gasteiger partial charge on any atom is -0.294 e. The number of hydrogen-bond donors (Lipinski definition) is 0. The van der Waals surface area contributed by atoms with Crippen molar-refractivity contribution in [1.29, 1.82) is 0 Å². The second-order valence-electron chi connectivity index (χ2n) is 3.85. The summed E-state index contributed by atoms with van der Waals surface area (Å²) in [4.78, 5) is 15.8. The van der Waals surface area contributed by atoms with E-state index in [9.17, 15) is 13.6 Å². The molecule has 2 aromatic rings. The molecule has 4 heteroatoms. The molecule has 0 unspecified atom stereocenters. The third kappa shape index (κ3) is 2.77. The summed E-state index contributed by atoms with van der Waals surface area (Å²) < 4.78 is 26.3.